The largest absolute Gasteiger partial charge is 0.335 e. The van der Waals surface area contributed by atoms with Gasteiger partial charge in [0.1, 0.15) is 5.69 Å². The minimum Gasteiger partial charge on any atom is -0.335 e. The number of carbonyl (C=O) groups excluding carboxylic acids is 1. The van der Waals surface area contributed by atoms with Crippen molar-refractivity contribution in [3.8, 4) is 6.07 Å². The fourth-order valence-electron chi connectivity index (χ4n) is 1.94. The summed E-state index contributed by atoms with van der Waals surface area (Å²) in [5, 5.41) is 15.3. The molecule has 0 spiro atoms. The van der Waals surface area contributed by atoms with Crippen molar-refractivity contribution in [1.29, 1.82) is 5.26 Å². The first-order chi connectivity index (χ1) is 8.22. The molecule has 1 N–H and O–H groups in total. The second kappa shape index (κ2) is 4.97. The third-order valence-corrected chi connectivity index (χ3v) is 3.07. The zero-order valence-corrected chi connectivity index (χ0v) is 9.76. The first kappa shape index (κ1) is 11.6. The van der Waals surface area contributed by atoms with Gasteiger partial charge in [0.05, 0.1) is 12.1 Å². The fourth-order valence-corrected chi connectivity index (χ4v) is 1.94. The normalized spacial score (nSPS) is 18.7. The summed E-state index contributed by atoms with van der Waals surface area (Å²) >= 11 is 0. The predicted molar refractivity (Wildman–Crippen MR) is 61.1 cm³/mol. The molecular formula is C11H15N5O. The van der Waals surface area contributed by atoms with Crippen molar-refractivity contribution in [3.63, 3.8) is 0 Å². The fraction of sp³-hybridized carbons (Fsp3) is 0.545. The molecule has 1 aliphatic heterocycles. The Kier molecular flexibility index (Phi) is 3.40. The number of aromatic amines is 1. The van der Waals surface area contributed by atoms with E-state index in [2.05, 4.69) is 21.2 Å². The van der Waals surface area contributed by atoms with Crippen LogP contribution in [0, 0.1) is 11.3 Å². The number of amides is 1. The average molecular weight is 233 g/mol. The molecule has 0 radical (unpaired) electrons. The van der Waals surface area contributed by atoms with Gasteiger partial charge < -0.3 is 4.90 Å². The third kappa shape index (κ3) is 2.45. The van der Waals surface area contributed by atoms with Gasteiger partial charge in [0.25, 0.3) is 5.91 Å². The van der Waals surface area contributed by atoms with E-state index in [0.717, 1.165) is 13.1 Å². The molecule has 0 saturated carbocycles. The van der Waals surface area contributed by atoms with Crippen molar-refractivity contribution in [2.75, 3.05) is 26.2 Å². The van der Waals surface area contributed by atoms with Gasteiger partial charge in [-0.15, -0.1) is 0 Å². The van der Waals surface area contributed by atoms with E-state index in [1.165, 1.54) is 0 Å². The molecule has 2 heterocycles. The standard InChI is InChI=1S/C11H15N5O/c1-9(8-12)15-4-6-16(7-5-15)11(17)10-2-3-13-14-10/h2-3,9H,4-7H2,1H3,(H,13,14). The average Bonchev–Trinajstić information content (AvgIpc) is 2.91. The molecule has 1 saturated heterocycles. The zero-order valence-electron chi connectivity index (χ0n) is 9.76. The van der Waals surface area contributed by atoms with Crippen LogP contribution in [0.1, 0.15) is 17.4 Å². The second-order valence-corrected chi connectivity index (χ2v) is 4.10. The van der Waals surface area contributed by atoms with Gasteiger partial charge in [-0.05, 0) is 13.0 Å². The summed E-state index contributed by atoms with van der Waals surface area (Å²) in [5.41, 5.74) is 0.520. The smallest absolute Gasteiger partial charge is 0.271 e. The van der Waals surface area contributed by atoms with Crippen LogP contribution in [0.25, 0.3) is 0 Å². The number of H-pyrrole nitrogens is 1. The van der Waals surface area contributed by atoms with E-state index in [0.29, 0.717) is 18.8 Å². The number of hydrogen-bond acceptors (Lipinski definition) is 4. The number of piperazine rings is 1. The summed E-state index contributed by atoms with van der Waals surface area (Å²) in [4.78, 5) is 15.8. The lowest BCUT2D eigenvalue weighted by atomic mass is 10.2. The van der Waals surface area contributed by atoms with E-state index in [9.17, 15) is 4.79 Å². The maximum absolute atomic E-state index is 12.0. The summed E-state index contributed by atoms with van der Waals surface area (Å²) in [5.74, 6) is -0.0215. The number of nitriles is 1. The van der Waals surface area contributed by atoms with Crippen LogP contribution >= 0.6 is 0 Å². The highest BCUT2D eigenvalue weighted by Gasteiger charge is 2.24. The molecule has 1 aromatic heterocycles. The Morgan fingerprint density at radius 3 is 2.76 bits per heavy atom. The number of nitrogens with one attached hydrogen (secondary N) is 1. The highest BCUT2D eigenvalue weighted by Crippen LogP contribution is 2.08. The molecule has 1 amide bonds. The van der Waals surface area contributed by atoms with Crippen molar-refractivity contribution in [2.45, 2.75) is 13.0 Å². The van der Waals surface area contributed by atoms with Gasteiger partial charge in [0.2, 0.25) is 0 Å². The minimum absolute atomic E-state index is 0.0215. The van der Waals surface area contributed by atoms with Crippen LogP contribution < -0.4 is 0 Å². The number of rotatable bonds is 2. The van der Waals surface area contributed by atoms with Crippen molar-refractivity contribution in [1.82, 2.24) is 20.0 Å². The molecule has 6 heteroatoms. The minimum atomic E-state index is -0.0839. The molecule has 0 aliphatic carbocycles. The molecule has 0 aromatic carbocycles. The van der Waals surface area contributed by atoms with Crippen molar-refractivity contribution >= 4 is 5.91 Å². The Hall–Kier alpha value is -1.87. The maximum Gasteiger partial charge on any atom is 0.271 e. The Morgan fingerprint density at radius 1 is 1.53 bits per heavy atom. The molecule has 1 fully saturated rings. The van der Waals surface area contributed by atoms with Crippen LogP contribution in [0.5, 0.6) is 0 Å². The van der Waals surface area contributed by atoms with Crippen molar-refractivity contribution < 1.29 is 4.79 Å². The molecule has 90 valence electrons. The molecular weight excluding hydrogens is 218 g/mol. The predicted octanol–water partition coefficient (Wildman–Crippen LogP) is 0.0796. The van der Waals surface area contributed by atoms with Crippen LogP contribution in [0.3, 0.4) is 0 Å². The van der Waals surface area contributed by atoms with E-state index in [1.807, 2.05) is 6.92 Å². The summed E-state index contributed by atoms with van der Waals surface area (Å²) < 4.78 is 0. The van der Waals surface area contributed by atoms with Crippen LogP contribution in [-0.4, -0.2) is 58.1 Å². The molecule has 17 heavy (non-hydrogen) atoms. The lowest BCUT2D eigenvalue weighted by Gasteiger charge is -2.35. The second-order valence-electron chi connectivity index (χ2n) is 4.10. The van der Waals surface area contributed by atoms with Gasteiger partial charge >= 0.3 is 0 Å². The third-order valence-electron chi connectivity index (χ3n) is 3.07. The van der Waals surface area contributed by atoms with E-state index in [1.54, 1.807) is 17.2 Å². The summed E-state index contributed by atoms with van der Waals surface area (Å²) in [6.45, 7) is 4.68. The SMILES string of the molecule is CC(C#N)N1CCN(C(=O)c2ccn[nH]2)CC1. The van der Waals surface area contributed by atoms with Crippen molar-refractivity contribution in [2.24, 2.45) is 0 Å². The molecule has 1 aliphatic rings. The molecule has 1 aromatic rings. The topological polar surface area (TPSA) is 76.0 Å². The Bertz CT molecular complexity index is 414. The quantitative estimate of drug-likeness (QED) is 0.784. The van der Waals surface area contributed by atoms with Crippen LogP contribution in [0.15, 0.2) is 12.3 Å². The van der Waals surface area contributed by atoms with Crippen LogP contribution in [0.2, 0.25) is 0 Å². The monoisotopic (exact) mass is 233 g/mol. The molecule has 1 unspecified atom stereocenters. The molecule has 2 rings (SSSR count). The van der Waals surface area contributed by atoms with Crippen molar-refractivity contribution in [3.05, 3.63) is 18.0 Å². The lowest BCUT2D eigenvalue weighted by Crippen LogP contribution is -2.51. The van der Waals surface area contributed by atoms with Gasteiger partial charge in [-0.3, -0.25) is 14.8 Å². The van der Waals surface area contributed by atoms with E-state index in [4.69, 9.17) is 5.26 Å². The first-order valence-corrected chi connectivity index (χ1v) is 5.64. The number of hydrogen-bond donors (Lipinski definition) is 1. The number of carbonyl (C=O) groups is 1. The highest BCUT2D eigenvalue weighted by atomic mass is 16.2. The first-order valence-electron chi connectivity index (χ1n) is 5.64. The van der Waals surface area contributed by atoms with Gasteiger partial charge in [0, 0.05) is 32.4 Å². The summed E-state index contributed by atoms with van der Waals surface area (Å²) in [7, 11) is 0. The molecule has 6 nitrogen and oxygen atoms in total. The molecule has 1 atom stereocenters. The number of aromatic nitrogens is 2. The zero-order chi connectivity index (χ0) is 12.3. The summed E-state index contributed by atoms with van der Waals surface area (Å²) in [6.07, 6.45) is 1.57. The Morgan fingerprint density at radius 2 is 2.24 bits per heavy atom. The summed E-state index contributed by atoms with van der Waals surface area (Å²) in [6, 6.07) is 3.80. The number of nitrogens with zero attached hydrogens (tertiary/aromatic N) is 4. The maximum atomic E-state index is 12.0. The molecule has 0 bridgehead atoms. The van der Waals surface area contributed by atoms with Gasteiger partial charge in [-0.1, -0.05) is 0 Å². The lowest BCUT2D eigenvalue weighted by molar-refractivity contribution is 0.0610. The Labute approximate surface area is 99.8 Å². The van der Waals surface area contributed by atoms with Gasteiger partial charge in [0.15, 0.2) is 0 Å². The van der Waals surface area contributed by atoms with Gasteiger partial charge in [-0.2, -0.15) is 10.4 Å². The van der Waals surface area contributed by atoms with Crippen LogP contribution in [0.4, 0.5) is 0 Å². The Balaban J connectivity index is 1.92. The van der Waals surface area contributed by atoms with Crippen LogP contribution in [-0.2, 0) is 0 Å². The van der Waals surface area contributed by atoms with E-state index in [-0.39, 0.29) is 11.9 Å². The van der Waals surface area contributed by atoms with E-state index >= 15 is 0 Å². The van der Waals surface area contributed by atoms with E-state index < -0.39 is 0 Å². The van der Waals surface area contributed by atoms with Gasteiger partial charge in [-0.25, -0.2) is 0 Å². The highest BCUT2D eigenvalue weighted by molar-refractivity contribution is 5.92.